The quantitative estimate of drug-likeness (QED) is 0.842. The molecule has 2 N–H and O–H groups in total. The molecule has 2 nitrogen and oxygen atoms in total. The normalized spacial score (nSPS) is 12.4. The van der Waals surface area contributed by atoms with Crippen LogP contribution in [0.3, 0.4) is 0 Å². The highest BCUT2D eigenvalue weighted by Gasteiger charge is 2.07. The lowest BCUT2D eigenvalue weighted by Gasteiger charge is -2.14. The van der Waals surface area contributed by atoms with Gasteiger partial charge in [0, 0.05) is 17.3 Å². The van der Waals surface area contributed by atoms with Crippen molar-refractivity contribution in [2.24, 2.45) is 0 Å². The van der Waals surface area contributed by atoms with Crippen molar-refractivity contribution in [1.82, 2.24) is 0 Å². The Labute approximate surface area is 125 Å². The van der Waals surface area contributed by atoms with E-state index in [1.165, 1.54) is 5.56 Å². The second kappa shape index (κ2) is 6.78. The maximum atomic E-state index is 10.1. The molecule has 0 saturated carbocycles. The van der Waals surface area contributed by atoms with Crippen molar-refractivity contribution in [2.45, 2.75) is 25.9 Å². The van der Waals surface area contributed by atoms with Gasteiger partial charge in [-0.15, -0.1) is 0 Å². The summed E-state index contributed by atoms with van der Waals surface area (Å²) in [5.41, 5.74) is 3.19. The first kappa shape index (κ1) is 14.9. The summed E-state index contributed by atoms with van der Waals surface area (Å²) in [5, 5.41) is 14.0. The molecule has 0 aliphatic heterocycles. The highest BCUT2D eigenvalue weighted by molar-refractivity contribution is 6.30. The Kier molecular flexibility index (Phi) is 5.05. The van der Waals surface area contributed by atoms with Crippen LogP contribution in [0, 0.1) is 0 Å². The van der Waals surface area contributed by atoms with Crippen molar-refractivity contribution in [3.05, 3.63) is 64.7 Å². The summed E-state index contributed by atoms with van der Waals surface area (Å²) in [6.07, 6.45) is -0.544. The van der Waals surface area contributed by atoms with E-state index in [1.807, 2.05) is 24.3 Å². The van der Waals surface area contributed by atoms with E-state index >= 15 is 0 Å². The van der Waals surface area contributed by atoms with Gasteiger partial charge in [0.15, 0.2) is 0 Å². The standard InChI is InChI=1S/C17H20ClNO/c1-12(2)13-5-9-16(10-6-13)19-11-17(20)14-3-7-15(18)8-4-14/h3-10,12,17,19-20H,11H2,1-2H3. The van der Waals surface area contributed by atoms with Crippen molar-refractivity contribution in [1.29, 1.82) is 0 Å². The first-order valence-corrected chi connectivity index (χ1v) is 7.21. The molecule has 0 aliphatic carbocycles. The Morgan fingerprint density at radius 3 is 2.05 bits per heavy atom. The van der Waals surface area contributed by atoms with Gasteiger partial charge in [-0.2, -0.15) is 0 Å². The molecule has 20 heavy (non-hydrogen) atoms. The van der Waals surface area contributed by atoms with E-state index in [-0.39, 0.29) is 0 Å². The van der Waals surface area contributed by atoms with E-state index in [2.05, 4.69) is 31.3 Å². The number of aliphatic hydroxyl groups is 1. The maximum absolute atomic E-state index is 10.1. The Morgan fingerprint density at radius 2 is 1.50 bits per heavy atom. The van der Waals surface area contributed by atoms with Crippen molar-refractivity contribution in [3.8, 4) is 0 Å². The minimum atomic E-state index is -0.544. The largest absolute Gasteiger partial charge is 0.387 e. The number of halogens is 1. The highest BCUT2D eigenvalue weighted by Crippen LogP contribution is 2.19. The van der Waals surface area contributed by atoms with E-state index in [9.17, 15) is 5.11 Å². The Bertz CT molecular complexity index is 534. The molecular weight excluding hydrogens is 270 g/mol. The third-order valence-corrected chi connectivity index (χ3v) is 3.58. The van der Waals surface area contributed by atoms with Gasteiger partial charge < -0.3 is 10.4 Å². The lowest BCUT2D eigenvalue weighted by atomic mass is 10.0. The number of benzene rings is 2. The number of aliphatic hydroxyl groups excluding tert-OH is 1. The first-order valence-electron chi connectivity index (χ1n) is 6.83. The van der Waals surface area contributed by atoms with Crippen LogP contribution >= 0.6 is 11.6 Å². The lowest BCUT2D eigenvalue weighted by Crippen LogP contribution is -2.12. The van der Waals surface area contributed by atoms with Crippen molar-refractivity contribution < 1.29 is 5.11 Å². The van der Waals surface area contributed by atoms with E-state index < -0.39 is 6.10 Å². The smallest absolute Gasteiger partial charge is 0.0962 e. The molecule has 2 aromatic carbocycles. The predicted molar refractivity (Wildman–Crippen MR) is 85.4 cm³/mol. The molecule has 0 aromatic heterocycles. The van der Waals surface area contributed by atoms with Gasteiger partial charge in [0.1, 0.15) is 0 Å². The molecule has 0 saturated heterocycles. The van der Waals surface area contributed by atoms with E-state index in [4.69, 9.17) is 11.6 Å². The van der Waals surface area contributed by atoms with Gasteiger partial charge >= 0.3 is 0 Å². The maximum Gasteiger partial charge on any atom is 0.0962 e. The Balaban J connectivity index is 1.92. The van der Waals surface area contributed by atoms with E-state index in [1.54, 1.807) is 12.1 Å². The molecule has 1 unspecified atom stereocenters. The zero-order chi connectivity index (χ0) is 14.5. The van der Waals surface area contributed by atoms with Crippen molar-refractivity contribution in [2.75, 3.05) is 11.9 Å². The topological polar surface area (TPSA) is 32.3 Å². The molecule has 0 heterocycles. The number of nitrogens with one attached hydrogen (secondary N) is 1. The van der Waals surface area contributed by atoms with Crippen molar-refractivity contribution >= 4 is 17.3 Å². The highest BCUT2D eigenvalue weighted by atomic mass is 35.5. The van der Waals surface area contributed by atoms with Crippen LogP contribution in [0.2, 0.25) is 5.02 Å². The second-order valence-corrected chi connectivity index (χ2v) is 5.66. The summed E-state index contributed by atoms with van der Waals surface area (Å²) < 4.78 is 0. The lowest BCUT2D eigenvalue weighted by molar-refractivity contribution is 0.191. The van der Waals surface area contributed by atoms with Crippen LogP contribution in [0.25, 0.3) is 0 Å². The fourth-order valence-corrected chi connectivity index (χ4v) is 2.13. The van der Waals surface area contributed by atoms with Crippen LogP contribution in [0.4, 0.5) is 5.69 Å². The van der Waals surface area contributed by atoms with Crippen LogP contribution in [0.15, 0.2) is 48.5 Å². The molecule has 2 aromatic rings. The average molecular weight is 290 g/mol. The van der Waals surface area contributed by atoms with Gasteiger partial charge in [-0.1, -0.05) is 49.7 Å². The van der Waals surface area contributed by atoms with Crippen LogP contribution in [0.5, 0.6) is 0 Å². The molecule has 0 spiro atoms. The van der Waals surface area contributed by atoms with Crippen molar-refractivity contribution in [3.63, 3.8) is 0 Å². The monoisotopic (exact) mass is 289 g/mol. The van der Waals surface area contributed by atoms with Gasteiger partial charge in [0.2, 0.25) is 0 Å². The molecule has 0 aliphatic rings. The molecule has 3 heteroatoms. The second-order valence-electron chi connectivity index (χ2n) is 5.22. The number of rotatable bonds is 5. The summed E-state index contributed by atoms with van der Waals surface area (Å²) >= 11 is 5.83. The molecule has 2 rings (SSSR count). The molecule has 0 radical (unpaired) electrons. The molecule has 1 atom stereocenters. The minimum Gasteiger partial charge on any atom is -0.387 e. The molecule has 0 fully saturated rings. The third kappa shape index (κ3) is 3.99. The average Bonchev–Trinajstić information content (AvgIpc) is 2.46. The number of hydrogen-bond donors (Lipinski definition) is 2. The summed E-state index contributed by atoms with van der Waals surface area (Å²) in [7, 11) is 0. The summed E-state index contributed by atoms with van der Waals surface area (Å²) in [6, 6.07) is 15.6. The number of hydrogen-bond acceptors (Lipinski definition) is 2. The molecular formula is C17H20ClNO. The van der Waals surface area contributed by atoms with Gasteiger partial charge in [-0.25, -0.2) is 0 Å². The molecule has 106 valence electrons. The van der Waals surface area contributed by atoms with E-state index in [0.717, 1.165) is 11.3 Å². The van der Waals surface area contributed by atoms with Crippen LogP contribution in [-0.2, 0) is 0 Å². The van der Waals surface area contributed by atoms with Gasteiger partial charge in [-0.05, 0) is 41.3 Å². The summed E-state index contributed by atoms with van der Waals surface area (Å²) in [5.74, 6) is 0.531. The summed E-state index contributed by atoms with van der Waals surface area (Å²) in [4.78, 5) is 0. The molecule has 0 bridgehead atoms. The Hall–Kier alpha value is -1.51. The SMILES string of the molecule is CC(C)c1ccc(NCC(O)c2ccc(Cl)cc2)cc1. The Morgan fingerprint density at radius 1 is 0.950 bits per heavy atom. The summed E-state index contributed by atoms with van der Waals surface area (Å²) in [6.45, 7) is 4.82. The van der Waals surface area contributed by atoms with Gasteiger partial charge in [-0.3, -0.25) is 0 Å². The fourth-order valence-electron chi connectivity index (χ4n) is 2.00. The third-order valence-electron chi connectivity index (χ3n) is 3.33. The van der Waals surface area contributed by atoms with Crippen LogP contribution in [-0.4, -0.2) is 11.7 Å². The molecule has 0 amide bonds. The zero-order valence-corrected chi connectivity index (χ0v) is 12.6. The number of anilines is 1. The fraction of sp³-hybridized carbons (Fsp3) is 0.294. The first-order chi connectivity index (χ1) is 9.56. The zero-order valence-electron chi connectivity index (χ0n) is 11.8. The van der Waals surface area contributed by atoms with Gasteiger partial charge in [0.25, 0.3) is 0 Å². The van der Waals surface area contributed by atoms with Crippen LogP contribution < -0.4 is 5.32 Å². The minimum absolute atomic E-state index is 0.475. The van der Waals surface area contributed by atoms with E-state index in [0.29, 0.717) is 17.5 Å². The van der Waals surface area contributed by atoms with Gasteiger partial charge in [0.05, 0.1) is 6.10 Å². The van der Waals surface area contributed by atoms with Crippen LogP contribution in [0.1, 0.15) is 37.0 Å². The predicted octanol–water partition coefficient (Wildman–Crippen LogP) is 4.61.